The zero-order chi connectivity index (χ0) is 17.0. The van der Waals surface area contributed by atoms with Crippen molar-refractivity contribution < 1.29 is 14.7 Å². The van der Waals surface area contributed by atoms with Crippen LogP contribution in [0.5, 0.6) is 0 Å². The van der Waals surface area contributed by atoms with Crippen LogP contribution in [-0.2, 0) is 4.79 Å². The van der Waals surface area contributed by atoms with E-state index in [-0.39, 0.29) is 5.13 Å². The monoisotopic (exact) mass is 392 g/mol. The van der Waals surface area contributed by atoms with Crippen molar-refractivity contribution in [1.29, 1.82) is 0 Å². The molecule has 0 aliphatic rings. The number of carboxylic acid groups (broad SMARTS) is 1. The molecular formula is C12H10Cl2N4O3S2. The minimum Gasteiger partial charge on any atom is -0.480 e. The van der Waals surface area contributed by atoms with Crippen molar-refractivity contribution >= 4 is 69.1 Å². The van der Waals surface area contributed by atoms with Gasteiger partial charge >= 0.3 is 12.0 Å². The maximum Gasteiger partial charge on any atom is 0.325 e. The molecule has 0 radical (unpaired) electrons. The van der Waals surface area contributed by atoms with E-state index in [0.29, 0.717) is 20.1 Å². The number of carbonyl (C=O) groups excluding carboxylic acids is 1. The van der Waals surface area contributed by atoms with Crippen LogP contribution in [-0.4, -0.2) is 32.6 Å². The highest BCUT2D eigenvalue weighted by molar-refractivity contribution is 8.02. The molecule has 2 amide bonds. The average molecular weight is 393 g/mol. The molecule has 23 heavy (non-hydrogen) atoms. The van der Waals surface area contributed by atoms with E-state index < -0.39 is 17.3 Å². The van der Waals surface area contributed by atoms with Gasteiger partial charge in [0.1, 0.15) is 5.25 Å². The number of carbonyl (C=O) groups is 2. The molecule has 2 aromatic rings. The van der Waals surface area contributed by atoms with Crippen LogP contribution in [0.1, 0.15) is 6.92 Å². The summed E-state index contributed by atoms with van der Waals surface area (Å²) in [6.07, 6.45) is 0. The first kappa shape index (κ1) is 17.8. The minimum absolute atomic E-state index is 0.252. The summed E-state index contributed by atoms with van der Waals surface area (Å²) in [6.45, 7) is 1.54. The highest BCUT2D eigenvalue weighted by Gasteiger charge is 2.16. The zero-order valence-corrected chi connectivity index (χ0v) is 14.7. The van der Waals surface area contributed by atoms with Crippen molar-refractivity contribution in [3.05, 3.63) is 28.2 Å². The molecule has 3 N–H and O–H groups in total. The van der Waals surface area contributed by atoms with E-state index in [1.807, 2.05) is 0 Å². The summed E-state index contributed by atoms with van der Waals surface area (Å²) >= 11 is 13.8. The molecule has 1 atom stereocenters. The highest BCUT2D eigenvalue weighted by atomic mass is 35.5. The third-order valence-electron chi connectivity index (χ3n) is 2.43. The summed E-state index contributed by atoms with van der Waals surface area (Å²) in [6, 6.07) is 4.15. The number of hydrogen-bond donors (Lipinski definition) is 3. The lowest BCUT2D eigenvalue weighted by Gasteiger charge is -2.06. The smallest absolute Gasteiger partial charge is 0.325 e. The second-order valence-corrected chi connectivity index (χ2v) is 7.56. The normalized spacial score (nSPS) is 11.8. The van der Waals surface area contributed by atoms with E-state index in [1.54, 1.807) is 19.1 Å². The lowest BCUT2D eigenvalue weighted by atomic mass is 10.3. The van der Waals surface area contributed by atoms with Gasteiger partial charge in [-0.3, -0.25) is 10.1 Å². The Morgan fingerprint density at radius 1 is 1.26 bits per heavy atom. The number of hydrogen-bond acceptors (Lipinski definition) is 6. The first-order valence-corrected chi connectivity index (χ1v) is 8.56. The number of nitrogens with zero attached hydrogens (tertiary/aromatic N) is 2. The SMILES string of the molecule is C[C@@H](Sc1nnc(NC(=O)Nc2ccc(Cl)c(Cl)c2)s1)C(=O)O. The number of urea groups is 1. The van der Waals surface area contributed by atoms with E-state index in [0.717, 1.165) is 23.1 Å². The van der Waals surface area contributed by atoms with E-state index in [2.05, 4.69) is 20.8 Å². The molecule has 7 nitrogen and oxygen atoms in total. The van der Waals surface area contributed by atoms with Crippen molar-refractivity contribution in [2.24, 2.45) is 0 Å². The molecule has 0 aliphatic heterocycles. The molecule has 11 heteroatoms. The second kappa shape index (κ2) is 7.82. The zero-order valence-electron chi connectivity index (χ0n) is 11.5. The maximum atomic E-state index is 11.9. The molecule has 0 saturated carbocycles. The first-order chi connectivity index (χ1) is 10.8. The predicted octanol–water partition coefficient (Wildman–Crippen LogP) is 4.05. The van der Waals surface area contributed by atoms with Gasteiger partial charge in [-0.15, -0.1) is 10.2 Å². The van der Waals surface area contributed by atoms with Gasteiger partial charge in [-0.1, -0.05) is 46.3 Å². The Labute approximate surface area is 149 Å². The number of aromatic nitrogens is 2. The van der Waals surface area contributed by atoms with Crippen LogP contribution in [0.3, 0.4) is 0 Å². The third-order valence-corrected chi connectivity index (χ3v) is 5.18. The number of nitrogens with one attached hydrogen (secondary N) is 2. The second-order valence-electron chi connectivity index (χ2n) is 4.18. The van der Waals surface area contributed by atoms with Gasteiger partial charge in [-0.05, 0) is 25.1 Å². The largest absolute Gasteiger partial charge is 0.480 e. The number of anilines is 2. The van der Waals surface area contributed by atoms with E-state index in [9.17, 15) is 9.59 Å². The summed E-state index contributed by atoms with van der Waals surface area (Å²) in [7, 11) is 0. The standard InChI is InChI=1S/C12H10Cl2N4O3S2/c1-5(9(19)20)22-12-18-17-11(23-12)16-10(21)15-6-2-3-7(13)8(14)4-6/h2-5H,1H3,(H,19,20)(H2,15,16,17,21)/t5-/m1/s1. The molecule has 1 aromatic carbocycles. The van der Waals surface area contributed by atoms with Gasteiger partial charge in [-0.2, -0.15) is 0 Å². The van der Waals surface area contributed by atoms with Crippen molar-refractivity contribution in [2.45, 2.75) is 16.5 Å². The molecule has 0 spiro atoms. The average Bonchev–Trinajstić information content (AvgIpc) is 2.89. The Morgan fingerprint density at radius 2 is 2.00 bits per heavy atom. The van der Waals surface area contributed by atoms with Gasteiger partial charge in [0.2, 0.25) is 5.13 Å². The fraction of sp³-hybridized carbons (Fsp3) is 0.167. The van der Waals surface area contributed by atoms with E-state index >= 15 is 0 Å². The van der Waals surface area contributed by atoms with Crippen LogP contribution in [0, 0.1) is 0 Å². The van der Waals surface area contributed by atoms with Gasteiger partial charge in [0.05, 0.1) is 10.0 Å². The quantitative estimate of drug-likeness (QED) is 0.523. The maximum absolute atomic E-state index is 11.9. The summed E-state index contributed by atoms with van der Waals surface area (Å²) in [5.74, 6) is -0.947. The molecule has 0 aliphatic carbocycles. The fourth-order valence-electron chi connectivity index (χ4n) is 1.34. The van der Waals surface area contributed by atoms with E-state index in [4.69, 9.17) is 28.3 Å². The summed E-state index contributed by atoms with van der Waals surface area (Å²) in [5.41, 5.74) is 0.468. The van der Waals surface area contributed by atoms with Gasteiger partial charge in [0.15, 0.2) is 4.34 Å². The van der Waals surface area contributed by atoms with Gasteiger partial charge in [0.25, 0.3) is 0 Å². The number of benzene rings is 1. The van der Waals surface area contributed by atoms with Crippen LogP contribution in [0.25, 0.3) is 0 Å². The third kappa shape index (κ3) is 5.24. The number of amides is 2. The first-order valence-electron chi connectivity index (χ1n) is 6.11. The van der Waals surface area contributed by atoms with Gasteiger partial charge in [0, 0.05) is 5.69 Å². The topological polar surface area (TPSA) is 104 Å². The fourth-order valence-corrected chi connectivity index (χ4v) is 3.47. The predicted molar refractivity (Wildman–Crippen MR) is 92.0 cm³/mol. The Bertz CT molecular complexity index is 741. The molecule has 0 bridgehead atoms. The Morgan fingerprint density at radius 3 is 2.65 bits per heavy atom. The summed E-state index contributed by atoms with van der Waals surface area (Å²) < 4.78 is 0.449. The van der Waals surface area contributed by atoms with Crippen LogP contribution in [0.4, 0.5) is 15.6 Å². The molecule has 0 unspecified atom stereocenters. The van der Waals surface area contributed by atoms with Crippen molar-refractivity contribution in [2.75, 3.05) is 10.6 Å². The van der Waals surface area contributed by atoms with Gasteiger partial charge < -0.3 is 10.4 Å². The van der Waals surface area contributed by atoms with Crippen molar-refractivity contribution in [3.8, 4) is 0 Å². The van der Waals surface area contributed by atoms with Gasteiger partial charge in [-0.25, -0.2) is 4.79 Å². The molecule has 1 aromatic heterocycles. The molecule has 0 saturated heterocycles. The van der Waals surface area contributed by atoms with Crippen LogP contribution >= 0.6 is 46.3 Å². The molecule has 1 heterocycles. The summed E-state index contributed by atoms with van der Waals surface area (Å²) in [5, 5.41) is 21.8. The number of aliphatic carboxylic acids is 1. The Balaban J connectivity index is 1.94. The van der Waals surface area contributed by atoms with Crippen molar-refractivity contribution in [3.63, 3.8) is 0 Å². The lowest BCUT2D eigenvalue weighted by molar-refractivity contribution is -0.136. The summed E-state index contributed by atoms with van der Waals surface area (Å²) in [4.78, 5) is 22.6. The number of halogens is 2. The van der Waals surface area contributed by atoms with Crippen LogP contribution < -0.4 is 10.6 Å². The molecule has 0 fully saturated rings. The van der Waals surface area contributed by atoms with E-state index in [1.165, 1.54) is 6.07 Å². The lowest BCUT2D eigenvalue weighted by Crippen LogP contribution is -2.19. The molecule has 2 rings (SSSR count). The van der Waals surface area contributed by atoms with Crippen LogP contribution in [0.15, 0.2) is 22.5 Å². The number of carboxylic acids is 1. The molecule has 122 valence electrons. The van der Waals surface area contributed by atoms with Crippen LogP contribution in [0.2, 0.25) is 10.0 Å². The number of rotatable bonds is 5. The Hall–Kier alpha value is -1.55. The molecular weight excluding hydrogens is 383 g/mol. The minimum atomic E-state index is -0.947. The highest BCUT2D eigenvalue weighted by Crippen LogP contribution is 2.29. The number of thioether (sulfide) groups is 1. The Kier molecular flexibility index (Phi) is 6.05. The van der Waals surface area contributed by atoms with Crippen molar-refractivity contribution in [1.82, 2.24) is 10.2 Å².